The number of benzene rings is 1. The Hall–Kier alpha value is -2.60. The van der Waals surface area contributed by atoms with Crippen molar-refractivity contribution < 1.29 is 9.53 Å². The fourth-order valence-corrected chi connectivity index (χ4v) is 4.44. The number of hydrogen-bond donors (Lipinski definition) is 0. The zero-order chi connectivity index (χ0) is 21.8. The van der Waals surface area contributed by atoms with Crippen molar-refractivity contribution in [2.24, 2.45) is 0 Å². The van der Waals surface area contributed by atoms with Gasteiger partial charge >= 0.3 is 6.09 Å². The molecule has 2 saturated heterocycles. The molecule has 166 valence electrons. The van der Waals surface area contributed by atoms with Crippen LogP contribution < -0.4 is 4.90 Å². The summed E-state index contributed by atoms with van der Waals surface area (Å²) in [4.78, 5) is 23.7. The number of carbonyl (C=O) groups is 1. The maximum atomic E-state index is 12.3. The van der Waals surface area contributed by atoms with E-state index in [9.17, 15) is 4.79 Å². The van der Waals surface area contributed by atoms with E-state index in [0.29, 0.717) is 19.1 Å². The van der Waals surface area contributed by atoms with Gasteiger partial charge in [0.2, 0.25) is 0 Å². The monoisotopic (exact) mass is 422 g/mol. The van der Waals surface area contributed by atoms with Crippen molar-refractivity contribution in [2.45, 2.75) is 51.8 Å². The molecule has 0 aliphatic carbocycles. The van der Waals surface area contributed by atoms with Crippen molar-refractivity contribution in [1.82, 2.24) is 14.8 Å². The van der Waals surface area contributed by atoms with Crippen LogP contribution in [0.15, 0.2) is 48.7 Å². The van der Waals surface area contributed by atoms with E-state index in [0.717, 1.165) is 32.0 Å². The van der Waals surface area contributed by atoms with Crippen LogP contribution in [0.25, 0.3) is 0 Å². The summed E-state index contributed by atoms with van der Waals surface area (Å²) >= 11 is 0. The van der Waals surface area contributed by atoms with Crippen LogP contribution in [-0.2, 0) is 11.3 Å². The molecule has 2 aliphatic rings. The van der Waals surface area contributed by atoms with Gasteiger partial charge in [-0.2, -0.15) is 0 Å². The Labute approximate surface area is 185 Å². The van der Waals surface area contributed by atoms with Crippen LogP contribution in [0, 0.1) is 0 Å². The van der Waals surface area contributed by atoms with Crippen LogP contribution in [0.3, 0.4) is 0 Å². The zero-order valence-corrected chi connectivity index (χ0v) is 19.0. The lowest BCUT2D eigenvalue weighted by molar-refractivity contribution is 0.0240. The van der Waals surface area contributed by atoms with Crippen molar-refractivity contribution in [3.8, 4) is 0 Å². The van der Waals surface area contributed by atoms with Gasteiger partial charge in [-0.1, -0.05) is 36.4 Å². The van der Waals surface area contributed by atoms with Crippen LogP contribution in [0.5, 0.6) is 0 Å². The Morgan fingerprint density at radius 3 is 2.42 bits per heavy atom. The van der Waals surface area contributed by atoms with Gasteiger partial charge < -0.3 is 14.5 Å². The second-order valence-electron chi connectivity index (χ2n) is 9.52. The van der Waals surface area contributed by atoms with Crippen LogP contribution in [-0.4, -0.2) is 59.2 Å². The maximum absolute atomic E-state index is 12.3. The second-order valence-corrected chi connectivity index (χ2v) is 9.52. The van der Waals surface area contributed by atoms with E-state index < -0.39 is 5.60 Å². The normalized spacial score (nSPS) is 20.2. The molecule has 0 spiro atoms. The van der Waals surface area contributed by atoms with Gasteiger partial charge in [0.15, 0.2) is 0 Å². The Kier molecular flexibility index (Phi) is 6.46. The molecule has 1 atom stereocenters. The average Bonchev–Trinajstić information content (AvgIpc) is 3.21. The molecule has 2 fully saturated rings. The largest absolute Gasteiger partial charge is 0.444 e. The quantitative estimate of drug-likeness (QED) is 0.727. The first-order valence-electron chi connectivity index (χ1n) is 11.4. The number of likely N-dealkylation sites (tertiary alicyclic amines) is 1. The molecule has 0 unspecified atom stereocenters. The van der Waals surface area contributed by atoms with Crippen LogP contribution in [0.4, 0.5) is 10.6 Å². The predicted octanol–water partition coefficient (Wildman–Crippen LogP) is 4.48. The van der Waals surface area contributed by atoms with Crippen molar-refractivity contribution in [3.05, 3.63) is 59.8 Å². The van der Waals surface area contributed by atoms with Crippen molar-refractivity contribution in [1.29, 1.82) is 0 Å². The Morgan fingerprint density at radius 1 is 1.03 bits per heavy atom. The van der Waals surface area contributed by atoms with Gasteiger partial charge in [-0.15, -0.1) is 0 Å². The Morgan fingerprint density at radius 2 is 1.77 bits per heavy atom. The van der Waals surface area contributed by atoms with Crippen molar-refractivity contribution >= 4 is 11.9 Å². The number of piperazine rings is 1. The molecule has 2 aromatic rings. The van der Waals surface area contributed by atoms with Crippen LogP contribution in [0.2, 0.25) is 0 Å². The van der Waals surface area contributed by atoms with Gasteiger partial charge in [0.05, 0.1) is 0 Å². The SMILES string of the molecule is CC(C)(C)OC(=O)N1CCN(c2ccc([C@@H]3CCCN3Cc3ccccc3)cn2)CC1. The molecular weight excluding hydrogens is 388 g/mol. The highest BCUT2D eigenvalue weighted by molar-refractivity contribution is 5.68. The first-order chi connectivity index (χ1) is 14.9. The average molecular weight is 423 g/mol. The Bertz CT molecular complexity index is 855. The van der Waals surface area contributed by atoms with Gasteiger partial charge in [-0.25, -0.2) is 9.78 Å². The maximum Gasteiger partial charge on any atom is 0.410 e. The van der Waals surface area contributed by atoms with E-state index in [1.807, 2.05) is 27.0 Å². The number of hydrogen-bond acceptors (Lipinski definition) is 5. The summed E-state index contributed by atoms with van der Waals surface area (Å²) < 4.78 is 5.49. The summed E-state index contributed by atoms with van der Waals surface area (Å²) in [5.74, 6) is 0.986. The van der Waals surface area contributed by atoms with Gasteiger partial charge in [-0.05, 0) is 57.4 Å². The number of carbonyl (C=O) groups excluding carboxylic acids is 1. The highest BCUT2D eigenvalue weighted by Crippen LogP contribution is 2.33. The van der Waals surface area contributed by atoms with Gasteiger partial charge in [-0.3, -0.25) is 4.90 Å². The van der Waals surface area contributed by atoms with E-state index in [2.05, 4.69) is 52.3 Å². The van der Waals surface area contributed by atoms with Crippen molar-refractivity contribution in [3.63, 3.8) is 0 Å². The molecule has 1 aromatic carbocycles. The smallest absolute Gasteiger partial charge is 0.410 e. The number of nitrogens with zero attached hydrogens (tertiary/aromatic N) is 4. The van der Waals surface area contributed by atoms with E-state index in [1.54, 1.807) is 4.90 Å². The molecule has 2 aliphatic heterocycles. The molecule has 4 rings (SSSR count). The third-order valence-electron chi connectivity index (χ3n) is 6.00. The van der Waals surface area contributed by atoms with Gasteiger partial charge in [0, 0.05) is 45.0 Å². The lowest BCUT2D eigenvalue weighted by Crippen LogP contribution is -2.50. The fourth-order valence-electron chi connectivity index (χ4n) is 4.44. The molecule has 31 heavy (non-hydrogen) atoms. The first kappa shape index (κ1) is 21.6. The summed E-state index contributed by atoms with van der Waals surface area (Å²) in [6, 6.07) is 15.5. The summed E-state index contributed by atoms with van der Waals surface area (Å²) in [5.41, 5.74) is 2.20. The minimum Gasteiger partial charge on any atom is -0.444 e. The van der Waals surface area contributed by atoms with E-state index in [4.69, 9.17) is 9.72 Å². The predicted molar refractivity (Wildman–Crippen MR) is 123 cm³/mol. The van der Waals surface area contributed by atoms with Gasteiger partial charge in [0.1, 0.15) is 11.4 Å². The number of amides is 1. The molecule has 0 saturated carbocycles. The molecule has 3 heterocycles. The number of aromatic nitrogens is 1. The number of rotatable bonds is 4. The topological polar surface area (TPSA) is 48.9 Å². The Balaban J connectivity index is 1.34. The molecule has 6 nitrogen and oxygen atoms in total. The van der Waals surface area contributed by atoms with E-state index in [1.165, 1.54) is 24.0 Å². The van der Waals surface area contributed by atoms with Crippen molar-refractivity contribution in [2.75, 3.05) is 37.6 Å². The fraction of sp³-hybridized carbons (Fsp3) is 0.520. The molecular formula is C25H34N4O2. The summed E-state index contributed by atoms with van der Waals surface area (Å²) in [6.45, 7) is 10.7. The van der Waals surface area contributed by atoms with Crippen LogP contribution >= 0.6 is 0 Å². The third-order valence-corrected chi connectivity index (χ3v) is 6.00. The summed E-state index contributed by atoms with van der Waals surface area (Å²) in [5, 5.41) is 0. The van der Waals surface area contributed by atoms with E-state index >= 15 is 0 Å². The molecule has 0 radical (unpaired) electrons. The molecule has 0 bridgehead atoms. The van der Waals surface area contributed by atoms with Gasteiger partial charge in [0.25, 0.3) is 0 Å². The molecule has 6 heteroatoms. The third kappa shape index (κ3) is 5.56. The second kappa shape index (κ2) is 9.27. The lowest BCUT2D eigenvalue weighted by Gasteiger charge is -2.36. The standard InChI is InChI=1S/C25H34N4O2/c1-25(2,3)31-24(30)28-16-14-27(15-17-28)23-12-11-21(18-26-23)22-10-7-13-29(22)19-20-8-5-4-6-9-20/h4-6,8-9,11-12,18,22H,7,10,13-17,19H2,1-3H3/t22-/m0/s1. The molecule has 0 N–H and O–H groups in total. The number of anilines is 1. The lowest BCUT2D eigenvalue weighted by atomic mass is 10.1. The van der Waals surface area contributed by atoms with E-state index in [-0.39, 0.29) is 6.09 Å². The highest BCUT2D eigenvalue weighted by atomic mass is 16.6. The molecule has 1 aromatic heterocycles. The molecule has 1 amide bonds. The zero-order valence-electron chi connectivity index (χ0n) is 19.0. The number of pyridine rings is 1. The van der Waals surface area contributed by atoms with Crippen LogP contribution in [0.1, 0.15) is 50.8 Å². The summed E-state index contributed by atoms with van der Waals surface area (Å²) in [6.07, 6.45) is 4.23. The minimum absolute atomic E-state index is 0.227. The minimum atomic E-state index is -0.458. The first-order valence-corrected chi connectivity index (χ1v) is 11.4. The highest BCUT2D eigenvalue weighted by Gasteiger charge is 2.28. The number of ether oxygens (including phenoxy) is 1. The summed E-state index contributed by atoms with van der Waals surface area (Å²) in [7, 11) is 0.